The van der Waals surface area contributed by atoms with Gasteiger partial charge in [0.2, 0.25) is 5.75 Å². The van der Waals surface area contributed by atoms with Gasteiger partial charge in [-0.25, -0.2) is 0 Å². The lowest BCUT2D eigenvalue weighted by Gasteiger charge is -2.38. The molecule has 162 valence electrons. The van der Waals surface area contributed by atoms with Gasteiger partial charge in [0.25, 0.3) is 0 Å². The smallest absolute Gasteiger partial charge is 0.205 e. The first-order chi connectivity index (χ1) is 15.7. The Bertz CT molecular complexity index is 1050. The number of benzene rings is 4. The van der Waals surface area contributed by atoms with Crippen molar-refractivity contribution in [1.82, 2.24) is 0 Å². The topological polar surface area (TPSA) is 39.7 Å². The fourth-order valence-corrected chi connectivity index (χ4v) is 4.18. The van der Waals surface area contributed by atoms with E-state index in [2.05, 4.69) is 78.1 Å². The van der Waals surface area contributed by atoms with Crippen LogP contribution in [-0.2, 0) is 5.54 Å². The fourth-order valence-electron chi connectivity index (χ4n) is 4.18. The quantitative estimate of drug-likeness (QED) is 0.346. The van der Waals surface area contributed by atoms with Crippen LogP contribution in [0.15, 0.2) is 103 Å². The third-order valence-electron chi connectivity index (χ3n) is 5.65. The van der Waals surface area contributed by atoms with Gasteiger partial charge in [0.15, 0.2) is 11.5 Å². The first kappa shape index (κ1) is 21.3. The Labute approximate surface area is 189 Å². The van der Waals surface area contributed by atoms with Gasteiger partial charge in [-0.3, -0.25) is 0 Å². The largest absolute Gasteiger partial charge is 0.493 e. The third-order valence-corrected chi connectivity index (χ3v) is 5.65. The van der Waals surface area contributed by atoms with Crippen molar-refractivity contribution in [2.45, 2.75) is 5.54 Å². The second kappa shape index (κ2) is 9.48. The Morgan fingerprint density at radius 3 is 1.31 bits per heavy atom. The van der Waals surface area contributed by atoms with E-state index in [1.165, 1.54) is 0 Å². The third kappa shape index (κ3) is 3.76. The molecular weight excluding hydrogens is 398 g/mol. The lowest BCUT2D eigenvalue weighted by molar-refractivity contribution is 0.325. The molecule has 4 rings (SSSR count). The number of anilines is 1. The van der Waals surface area contributed by atoms with Crippen molar-refractivity contribution >= 4 is 5.69 Å². The molecule has 4 nitrogen and oxygen atoms in total. The summed E-state index contributed by atoms with van der Waals surface area (Å²) in [7, 11) is 4.87. The van der Waals surface area contributed by atoms with Crippen LogP contribution in [0.3, 0.4) is 0 Å². The van der Waals surface area contributed by atoms with Gasteiger partial charge in [0, 0.05) is 0 Å². The van der Waals surface area contributed by atoms with Crippen LogP contribution in [0, 0.1) is 0 Å². The Hall–Kier alpha value is -3.92. The molecule has 0 aromatic heterocycles. The van der Waals surface area contributed by atoms with Crippen molar-refractivity contribution < 1.29 is 14.2 Å². The average molecular weight is 426 g/mol. The van der Waals surface area contributed by atoms with Crippen LogP contribution in [-0.4, -0.2) is 21.3 Å². The number of rotatable bonds is 8. The van der Waals surface area contributed by atoms with E-state index < -0.39 is 5.54 Å². The predicted octanol–water partition coefficient (Wildman–Crippen LogP) is 6.12. The molecule has 0 fully saturated rings. The van der Waals surface area contributed by atoms with Crippen molar-refractivity contribution in [3.63, 3.8) is 0 Å². The zero-order valence-electron chi connectivity index (χ0n) is 18.5. The van der Waals surface area contributed by atoms with E-state index in [4.69, 9.17) is 14.2 Å². The summed E-state index contributed by atoms with van der Waals surface area (Å²) in [5.74, 6) is 1.74. The minimum absolute atomic E-state index is 0.545. The highest BCUT2D eigenvalue weighted by Crippen LogP contribution is 2.47. The first-order valence-electron chi connectivity index (χ1n) is 10.5. The van der Waals surface area contributed by atoms with Gasteiger partial charge in [0.1, 0.15) is 5.54 Å². The number of ether oxygens (including phenoxy) is 3. The maximum absolute atomic E-state index is 5.80. The highest BCUT2D eigenvalue weighted by molar-refractivity contribution is 5.72. The molecule has 0 spiro atoms. The van der Waals surface area contributed by atoms with Crippen LogP contribution in [0.4, 0.5) is 5.69 Å². The van der Waals surface area contributed by atoms with Crippen LogP contribution in [0.25, 0.3) is 0 Å². The maximum Gasteiger partial charge on any atom is 0.205 e. The Morgan fingerprint density at radius 2 is 0.938 bits per heavy atom. The zero-order valence-corrected chi connectivity index (χ0v) is 18.5. The van der Waals surface area contributed by atoms with E-state index in [-0.39, 0.29) is 0 Å². The van der Waals surface area contributed by atoms with Crippen molar-refractivity contribution in [3.05, 3.63) is 120 Å². The lowest BCUT2D eigenvalue weighted by atomic mass is 9.76. The molecule has 0 atom stereocenters. The summed E-state index contributed by atoms with van der Waals surface area (Å²) in [4.78, 5) is 0. The van der Waals surface area contributed by atoms with Crippen molar-refractivity contribution in [1.29, 1.82) is 0 Å². The SMILES string of the molecule is COc1ccc(NC(c2ccccc2)(c2ccccc2)c2ccccc2)c(OC)c1OC. The van der Waals surface area contributed by atoms with E-state index in [9.17, 15) is 0 Å². The Kier molecular flexibility index (Phi) is 6.31. The molecule has 0 saturated carbocycles. The monoisotopic (exact) mass is 425 g/mol. The van der Waals surface area contributed by atoms with Crippen molar-refractivity contribution in [2.75, 3.05) is 26.6 Å². The molecule has 0 saturated heterocycles. The molecule has 0 amide bonds. The van der Waals surface area contributed by atoms with Gasteiger partial charge in [-0.15, -0.1) is 0 Å². The average Bonchev–Trinajstić information content (AvgIpc) is 2.88. The second-order valence-electron chi connectivity index (χ2n) is 7.35. The summed E-state index contributed by atoms with van der Waals surface area (Å²) >= 11 is 0. The molecule has 0 aliphatic carbocycles. The van der Waals surface area contributed by atoms with Gasteiger partial charge in [-0.1, -0.05) is 91.0 Å². The number of methoxy groups -OCH3 is 3. The molecule has 4 aromatic carbocycles. The van der Waals surface area contributed by atoms with Crippen molar-refractivity contribution in [2.24, 2.45) is 0 Å². The van der Waals surface area contributed by atoms with Crippen LogP contribution >= 0.6 is 0 Å². The fraction of sp³-hybridized carbons (Fsp3) is 0.143. The number of hydrogen-bond donors (Lipinski definition) is 1. The van der Waals surface area contributed by atoms with E-state index >= 15 is 0 Å². The predicted molar refractivity (Wildman–Crippen MR) is 129 cm³/mol. The maximum atomic E-state index is 5.80. The Morgan fingerprint density at radius 1 is 0.500 bits per heavy atom. The molecule has 1 N–H and O–H groups in total. The van der Waals surface area contributed by atoms with Gasteiger partial charge >= 0.3 is 0 Å². The highest BCUT2D eigenvalue weighted by atomic mass is 16.5. The molecule has 32 heavy (non-hydrogen) atoms. The lowest BCUT2D eigenvalue weighted by Crippen LogP contribution is -2.38. The van der Waals surface area contributed by atoms with E-state index in [0.717, 1.165) is 22.4 Å². The molecule has 4 heteroatoms. The van der Waals surface area contributed by atoms with Crippen LogP contribution in [0.1, 0.15) is 16.7 Å². The molecule has 0 aliphatic rings. The molecule has 0 heterocycles. The molecule has 0 unspecified atom stereocenters. The number of hydrogen-bond acceptors (Lipinski definition) is 4. The summed E-state index contributed by atoms with van der Waals surface area (Å²) in [6.45, 7) is 0. The minimum Gasteiger partial charge on any atom is -0.493 e. The molecular formula is C28H27NO3. The van der Waals surface area contributed by atoms with Crippen molar-refractivity contribution in [3.8, 4) is 17.2 Å². The second-order valence-corrected chi connectivity index (χ2v) is 7.35. The van der Waals surface area contributed by atoms with Crippen LogP contribution in [0.2, 0.25) is 0 Å². The van der Waals surface area contributed by atoms with Crippen LogP contribution in [0.5, 0.6) is 17.2 Å². The molecule has 4 aromatic rings. The summed E-state index contributed by atoms with van der Waals surface area (Å²) < 4.78 is 16.9. The number of nitrogens with one attached hydrogen (secondary N) is 1. The van der Waals surface area contributed by atoms with E-state index in [0.29, 0.717) is 17.2 Å². The Balaban J connectivity index is 2.02. The summed E-state index contributed by atoms with van der Waals surface area (Å²) in [5, 5.41) is 3.83. The normalized spacial score (nSPS) is 11.0. The van der Waals surface area contributed by atoms with Gasteiger partial charge < -0.3 is 19.5 Å². The molecule has 0 radical (unpaired) electrons. The van der Waals surface area contributed by atoms with Gasteiger partial charge in [-0.05, 0) is 28.8 Å². The zero-order chi connectivity index (χ0) is 22.4. The standard InChI is InChI=1S/C28H27NO3/c1-30-25-20-19-24(26(31-2)27(25)32-3)29-28(21-13-7-4-8-14-21,22-15-9-5-10-16-22)23-17-11-6-12-18-23/h4-20,29H,1-3H3. The minimum atomic E-state index is -0.670. The summed E-state index contributed by atoms with van der Waals surface area (Å²) in [6.07, 6.45) is 0. The highest BCUT2D eigenvalue weighted by Gasteiger charge is 2.37. The first-order valence-corrected chi connectivity index (χ1v) is 10.5. The van der Waals surface area contributed by atoms with E-state index in [1.54, 1.807) is 21.3 Å². The molecule has 0 bridgehead atoms. The van der Waals surface area contributed by atoms with Gasteiger partial charge in [-0.2, -0.15) is 0 Å². The van der Waals surface area contributed by atoms with E-state index in [1.807, 2.05) is 30.3 Å². The summed E-state index contributed by atoms with van der Waals surface area (Å²) in [5.41, 5.74) is 3.44. The van der Waals surface area contributed by atoms with Crippen LogP contribution < -0.4 is 19.5 Å². The molecule has 0 aliphatic heterocycles. The summed E-state index contributed by atoms with van der Waals surface area (Å²) in [6, 6.07) is 35.1. The van der Waals surface area contributed by atoms with Gasteiger partial charge in [0.05, 0.1) is 27.0 Å².